The SMILES string of the molecule is CC(=O)N[C@H]1[C@H](OC[C@H]2O[C@H](O[C@@H]3[C@H](O)[C@@H](O)[C@H](O)O[C@@H]3CO)[C@H](O)[C@@H](O)[C@@H]2O[C@@H]2O[C@H](CO)[C@@H](O)[C@H](O)[C@H]2O)O[C@H](CO)[C@@H](O[C@@H]2O[C@H](CO)[C@H](O)[C@H](O[C@]3(C(=O)O)C[C@H](O)[C@@H](NC(C)=O)[C@H]([C@H](O)[C@H](O)CO)O3)[C@H]2O)[C@@H]1O. The summed E-state index contributed by atoms with van der Waals surface area (Å²) in [5, 5.41) is 218. The Morgan fingerprint density at radius 3 is 1.51 bits per heavy atom. The van der Waals surface area contributed by atoms with Crippen molar-refractivity contribution in [1.29, 1.82) is 0 Å². The van der Waals surface area contributed by atoms with Gasteiger partial charge in [0.2, 0.25) is 11.8 Å². The van der Waals surface area contributed by atoms with Crippen molar-refractivity contribution in [3.05, 3.63) is 0 Å². The number of hydrogen-bond donors (Lipinski definition) is 22. The minimum atomic E-state index is -3.20. The Kier molecular flexibility index (Phi) is 22.9. The summed E-state index contributed by atoms with van der Waals surface area (Å²) in [5.41, 5.74) is 0. The van der Waals surface area contributed by atoms with Crippen LogP contribution in [0.5, 0.6) is 0 Å². The summed E-state index contributed by atoms with van der Waals surface area (Å²) in [6.45, 7) is -4.33. The van der Waals surface area contributed by atoms with Gasteiger partial charge in [0.1, 0.15) is 140 Å². The van der Waals surface area contributed by atoms with E-state index in [1.165, 1.54) is 0 Å². The first-order valence-electron chi connectivity index (χ1n) is 24.7. The molecule has 36 heteroatoms. The number of amides is 2. The molecule has 6 aliphatic heterocycles. The number of rotatable bonds is 21. The van der Waals surface area contributed by atoms with Crippen LogP contribution in [0.25, 0.3) is 0 Å². The van der Waals surface area contributed by atoms with Gasteiger partial charge in [-0.1, -0.05) is 0 Å². The lowest BCUT2D eigenvalue weighted by molar-refractivity contribution is -0.388. The highest BCUT2D eigenvalue weighted by Crippen LogP contribution is 2.39. The van der Waals surface area contributed by atoms with Gasteiger partial charge < -0.3 is 165 Å². The Morgan fingerprint density at radius 2 is 0.975 bits per heavy atom. The molecule has 0 aliphatic carbocycles. The zero-order valence-corrected chi connectivity index (χ0v) is 41.9. The van der Waals surface area contributed by atoms with Crippen LogP contribution in [-0.2, 0) is 66.5 Å². The van der Waals surface area contributed by atoms with Crippen molar-refractivity contribution in [3.63, 3.8) is 0 Å². The summed E-state index contributed by atoms with van der Waals surface area (Å²) in [6, 6.07) is -3.50. The molecule has 79 heavy (non-hydrogen) atoms. The predicted molar refractivity (Wildman–Crippen MR) is 240 cm³/mol. The van der Waals surface area contributed by atoms with E-state index < -0.39 is 254 Å². The van der Waals surface area contributed by atoms with Crippen molar-refractivity contribution in [2.75, 3.05) is 39.6 Å². The Hall–Kier alpha value is -2.79. The number of aliphatic hydroxyl groups is 19. The van der Waals surface area contributed by atoms with Crippen LogP contribution >= 0.6 is 0 Å². The largest absolute Gasteiger partial charge is 0.477 e. The monoisotopic (exact) mass is 1160 g/mol. The van der Waals surface area contributed by atoms with Crippen LogP contribution in [0.4, 0.5) is 0 Å². The third-order valence-corrected chi connectivity index (χ3v) is 14.2. The summed E-state index contributed by atoms with van der Waals surface area (Å²) < 4.78 is 62.5. The van der Waals surface area contributed by atoms with Crippen molar-refractivity contribution in [2.45, 2.75) is 210 Å². The van der Waals surface area contributed by atoms with E-state index in [-0.39, 0.29) is 0 Å². The second-order valence-electron chi connectivity index (χ2n) is 19.7. The molecule has 0 saturated carbocycles. The molecule has 0 aromatic rings. The maximum absolute atomic E-state index is 13.0. The van der Waals surface area contributed by atoms with Crippen LogP contribution in [0.1, 0.15) is 20.3 Å². The first kappa shape index (κ1) is 65.4. The zero-order valence-electron chi connectivity index (χ0n) is 41.9. The fraction of sp³-hybridized carbons (Fsp3) is 0.930. The Morgan fingerprint density at radius 1 is 0.519 bits per heavy atom. The van der Waals surface area contributed by atoms with E-state index >= 15 is 0 Å². The molecule has 0 aromatic heterocycles. The third-order valence-electron chi connectivity index (χ3n) is 14.2. The minimum Gasteiger partial charge on any atom is -0.477 e. The zero-order chi connectivity index (χ0) is 58.7. The molecule has 0 spiro atoms. The average Bonchev–Trinajstić information content (AvgIpc) is 3.49. The smallest absolute Gasteiger partial charge is 0.364 e. The molecular formula is C43H72N2O34. The van der Waals surface area contributed by atoms with Gasteiger partial charge in [0.25, 0.3) is 5.79 Å². The highest BCUT2D eigenvalue weighted by Gasteiger charge is 2.61. The maximum Gasteiger partial charge on any atom is 0.364 e. The van der Waals surface area contributed by atoms with Crippen LogP contribution in [0, 0.1) is 0 Å². The van der Waals surface area contributed by atoms with Gasteiger partial charge in [-0.3, -0.25) is 9.59 Å². The lowest BCUT2D eigenvalue weighted by Crippen LogP contribution is -2.71. The topological polar surface area (TPSA) is 581 Å². The lowest BCUT2D eigenvalue weighted by Gasteiger charge is -2.51. The Bertz CT molecular complexity index is 1970. The van der Waals surface area contributed by atoms with Crippen LogP contribution < -0.4 is 10.6 Å². The fourth-order valence-corrected chi connectivity index (χ4v) is 9.93. The molecule has 2 amide bonds. The van der Waals surface area contributed by atoms with Gasteiger partial charge in [-0.25, -0.2) is 4.79 Å². The molecule has 36 nitrogen and oxygen atoms in total. The molecule has 6 fully saturated rings. The molecule has 0 aromatic carbocycles. The van der Waals surface area contributed by atoms with E-state index in [2.05, 4.69) is 10.6 Å². The van der Waals surface area contributed by atoms with Crippen LogP contribution in [0.15, 0.2) is 0 Å². The Labute approximate surface area is 446 Å². The number of aliphatic hydroxyl groups excluding tert-OH is 19. The number of carbonyl (C=O) groups is 3. The van der Waals surface area contributed by atoms with Crippen molar-refractivity contribution in [2.24, 2.45) is 0 Å². The van der Waals surface area contributed by atoms with Gasteiger partial charge in [-0.05, 0) is 0 Å². The van der Waals surface area contributed by atoms with E-state index in [1.807, 2.05) is 0 Å². The molecule has 6 aliphatic rings. The second kappa shape index (κ2) is 27.7. The summed E-state index contributed by atoms with van der Waals surface area (Å²) in [6.07, 6.45) is -58.1. The van der Waals surface area contributed by atoms with Crippen molar-refractivity contribution in [3.8, 4) is 0 Å². The molecule has 6 rings (SSSR count). The van der Waals surface area contributed by atoms with Gasteiger partial charge in [0.05, 0.1) is 51.8 Å². The van der Waals surface area contributed by atoms with Crippen LogP contribution in [0.3, 0.4) is 0 Å². The molecule has 0 radical (unpaired) electrons. The average molecular weight is 1160 g/mol. The predicted octanol–water partition coefficient (Wildman–Crippen LogP) is -14.6. The third kappa shape index (κ3) is 14.1. The van der Waals surface area contributed by atoms with E-state index in [1.54, 1.807) is 0 Å². The number of carbonyl (C=O) groups excluding carboxylic acids is 2. The molecule has 6 heterocycles. The molecular weight excluding hydrogens is 1090 g/mol. The van der Waals surface area contributed by atoms with Crippen molar-refractivity contribution < 1.29 is 169 Å². The minimum absolute atomic E-state index is 0.829. The summed E-state index contributed by atoms with van der Waals surface area (Å²) in [4.78, 5) is 37.8. The van der Waals surface area contributed by atoms with Gasteiger partial charge in [-0.15, -0.1) is 0 Å². The van der Waals surface area contributed by atoms with E-state index in [0.29, 0.717) is 0 Å². The number of carboxylic acids is 1. The van der Waals surface area contributed by atoms with Crippen LogP contribution in [0.2, 0.25) is 0 Å². The fourth-order valence-electron chi connectivity index (χ4n) is 9.93. The molecule has 458 valence electrons. The Balaban J connectivity index is 1.26. The number of aliphatic carboxylic acids is 1. The van der Waals surface area contributed by atoms with Gasteiger partial charge in [0.15, 0.2) is 31.5 Å². The number of hydrogen-bond acceptors (Lipinski definition) is 33. The van der Waals surface area contributed by atoms with Gasteiger partial charge >= 0.3 is 5.97 Å². The highest BCUT2D eigenvalue weighted by molar-refractivity contribution is 5.76. The summed E-state index contributed by atoms with van der Waals surface area (Å²) >= 11 is 0. The number of carboxylic acid groups (broad SMARTS) is 1. The van der Waals surface area contributed by atoms with Gasteiger partial charge in [-0.2, -0.15) is 0 Å². The van der Waals surface area contributed by atoms with E-state index in [0.717, 1.165) is 13.8 Å². The standard InChI is InChI=1S/C43H72N2O34/c1-10(51)44-19-12(53)3-43(42(67)68,78-35(19)21(55)13(54)4-46)79-36-23(57)15(6-48)72-41(31(36)65)75-32-17(8-50)73-38(20(24(32)58)45-11(2)52)69-9-18-34(77-39-29(63)25(59)22(56)14(5-47)71-39)27(61)30(64)40(74-18)76-33-16(7-49)70-37(66)28(62)26(33)60/h12-41,46-50,53-66H,3-9H2,1-2H3,(H,44,51)(H,45,52)(H,67,68)/t12-,13+,14+,15+,16+,17+,18+,19+,20+,21+,22+,23-,24+,25-,26+,27+,28+,29+,30+,31+,32+,33-,34+,35+,36-,37+,38+,39-,40+,41-,43-/m0/s1. The van der Waals surface area contributed by atoms with Gasteiger partial charge in [0, 0.05) is 20.3 Å². The first-order valence-corrected chi connectivity index (χ1v) is 24.7. The number of ether oxygens (including phenoxy) is 11. The van der Waals surface area contributed by atoms with Crippen molar-refractivity contribution >= 4 is 17.8 Å². The van der Waals surface area contributed by atoms with E-state index in [4.69, 9.17) is 52.1 Å². The number of nitrogens with one attached hydrogen (secondary N) is 2. The van der Waals surface area contributed by atoms with Crippen molar-refractivity contribution in [1.82, 2.24) is 10.6 Å². The van der Waals surface area contributed by atoms with E-state index in [9.17, 15) is 117 Å². The molecule has 0 unspecified atom stereocenters. The highest BCUT2D eigenvalue weighted by atomic mass is 16.8. The second-order valence-corrected chi connectivity index (χ2v) is 19.7. The summed E-state index contributed by atoms with van der Waals surface area (Å²) in [7, 11) is 0. The normalized spacial score (nSPS) is 47.7. The maximum atomic E-state index is 13.0. The molecule has 31 atom stereocenters. The molecule has 0 bridgehead atoms. The summed E-state index contributed by atoms with van der Waals surface area (Å²) in [5.74, 6) is -7.01. The quantitative estimate of drug-likeness (QED) is 0.0507. The first-order chi connectivity index (χ1) is 37.2. The molecule has 6 saturated heterocycles. The van der Waals surface area contributed by atoms with Crippen LogP contribution in [-0.4, -0.2) is 349 Å². The lowest BCUT2D eigenvalue weighted by atomic mass is 9.88. The molecule has 22 N–H and O–H groups in total.